The molecule has 2 aliphatic heterocycles. The summed E-state index contributed by atoms with van der Waals surface area (Å²) in [5, 5.41) is 71.5. The van der Waals surface area contributed by atoms with Crippen LogP contribution in [0.25, 0.3) is 0 Å². The largest absolute Gasteiger partial charge is 0.480 e. The summed E-state index contributed by atoms with van der Waals surface area (Å²) in [6.07, 6.45) is -15.1. The summed E-state index contributed by atoms with van der Waals surface area (Å²) in [6.45, 7) is 1.01. The Kier molecular flexibility index (Phi) is 9.89. The summed E-state index contributed by atoms with van der Waals surface area (Å²) in [5.41, 5.74) is 5.53. The van der Waals surface area contributed by atoms with E-state index in [1.165, 1.54) is 6.92 Å². The van der Waals surface area contributed by atoms with Crippen molar-refractivity contribution < 1.29 is 64.3 Å². The maximum absolute atomic E-state index is 11.7. The zero-order chi connectivity index (χ0) is 25.0. The molecule has 33 heavy (non-hydrogen) atoms. The first-order chi connectivity index (χ1) is 15.4. The van der Waals surface area contributed by atoms with E-state index in [1.54, 1.807) is 0 Å². The Hall–Kier alpha value is -1.50. The van der Waals surface area contributed by atoms with E-state index >= 15 is 0 Å². The molecule has 0 aromatic rings. The lowest BCUT2D eigenvalue weighted by molar-refractivity contribution is -0.350. The molecular weight excluding hydrogens is 452 g/mol. The van der Waals surface area contributed by atoms with E-state index in [1.807, 2.05) is 0 Å². The summed E-state index contributed by atoms with van der Waals surface area (Å²) in [6, 6.07) is -2.79. The quantitative estimate of drug-likeness (QED) is 0.148. The van der Waals surface area contributed by atoms with E-state index in [-0.39, 0.29) is 0 Å². The van der Waals surface area contributed by atoms with Gasteiger partial charge >= 0.3 is 5.97 Å². The molecule has 15 heteroatoms. The van der Waals surface area contributed by atoms with E-state index in [0.717, 1.165) is 6.92 Å². The van der Waals surface area contributed by atoms with E-state index in [0.29, 0.717) is 0 Å². The molecule has 12 atom stereocenters. The summed E-state index contributed by atoms with van der Waals surface area (Å²) in [4.78, 5) is 22.8. The predicted molar refractivity (Wildman–Crippen MR) is 104 cm³/mol. The molecule has 10 N–H and O–H groups in total. The van der Waals surface area contributed by atoms with Crippen molar-refractivity contribution >= 4 is 11.9 Å². The summed E-state index contributed by atoms with van der Waals surface area (Å²) < 4.78 is 21.9. The first-order valence-corrected chi connectivity index (χ1v) is 10.2. The maximum atomic E-state index is 11.7. The number of amides is 1. The predicted octanol–water partition coefficient (Wildman–Crippen LogP) is -5.43. The number of nitrogens with two attached hydrogens (primary N) is 1. The number of carboxylic acid groups (broad SMARTS) is 1. The van der Waals surface area contributed by atoms with E-state index in [9.17, 15) is 40.2 Å². The van der Waals surface area contributed by atoms with Crippen molar-refractivity contribution in [2.75, 3.05) is 13.2 Å². The molecule has 2 saturated heterocycles. The van der Waals surface area contributed by atoms with Crippen LogP contribution in [0.15, 0.2) is 0 Å². The molecule has 0 saturated carbocycles. The zero-order valence-electron chi connectivity index (χ0n) is 18.0. The van der Waals surface area contributed by atoms with Crippen LogP contribution in [0.5, 0.6) is 0 Å². The number of nitrogens with one attached hydrogen (secondary N) is 1. The van der Waals surface area contributed by atoms with Gasteiger partial charge in [-0.15, -0.1) is 0 Å². The highest BCUT2D eigenvalue weighted by molar-refractivity contribution is 5.74. The average Bonchev–Trinajstić information content (AvgIpc) is 2.76. The first kappa shape index (κ1) is 27.7. The third kappa shape index (κ3) is 6.34. The van der Waals surface area contributed by atoms with E-state index < -0.39 is 98.6 Å². The minimum atomic E-state index is -1.80. The molecule has 15 nitrogen and oxygen atoms in total. The number of aliphatic hydroxyl groups excluding tert-OH is 6. The first-order valence-electron chi connectivity index (χ1n) is 10.2. The topological polar surface area (TPSA) is 251 Å². The van der Waals surface area contributed by atoms with Crippen LogP contribution in [-0.4, -0.2) is 134 Å². The molecule has 1 amide bonds. The normalized spacial score (nSPS) is 41.2. The van der Waals surface area contributed by atoms with Crippen molar-refractivity contribution in [3.63, 3.8) is 0 Å². The van der Waals surface area contributed by atoms with Crippen molar-refractivity contribution in [3.05, 3.63) is 0 Å². The Morgan fingerprint density at radius 1 is 0.970 bits per heavy atom. The summed E-state index contributed by atoms with van der Waals surface area (Å²) >= 11 is 0. The van der Waals surface area contributed by atoms with Crippen LogP contribution in [0.2, 0.25) is 0 Å². The van der Waals surface area contributed by atoms with Crippen molar-refractivity contribution in [2.24, 2.45) is 5.73 Å². The third-order valence-corrected chi connectivity index (χ3v) is 5.50. The number of carboxylic acids is 1. The molecule has 192 valence electrons. The van der Waals surface area contributed by atoms with Gasteiger partial charge in [-0.2, -0.15) is 0 Å². The van der Waals surface area contributed by atoms with E-state index in [2.05, 4.69) is 5.32 Å². The standard InChI is InChI=1S/C18H32N2O13/c1-5(9(19)16(28)29)30-17-10(20-6(2)23)12(25)15(8(4-22)32-17)33-18-14(27)13(26)11(24)7(3-21)31-18/h5,7-15,17-18,21-22,24-27H,3-4,19H2,1-2H3,(H,20,23)(H,28,29)/t5-,7-,8-,9+,10-,11+,12-,13+,14-,15-,17+,18+/m1/s1. The zero-order valence-corrected chi connectivity index (χ0v) is 18.0. The molecule has 2 aliphatic rings. The van der Waals surface area contributed by atoms with Gasteiger partial charge in [0.2, 0.25) is 5.91 Å². The molecule has 2 fully saturated rings. The van der Waals surface area contributed by atoms with Gasteiger partial charge in [0.05, 0.1) is 19.3 Å². The van der Waals surface area contributed by atoms with Crippen molar-refractivity contribution in [1.82, 2.24) is 5.32 Å². The van der Waals surface area contributed by atoms with Gasteiger partial charge in [-0.05, 0) is 6.92 Å². The van der Waals surface area contributed by atoms with Crippen LogP contribution in [0.3, 0.4) is 0 Å². The van der Waals surface area contributed by atoms with Gasteiger partial charge in [0.15, 0.2) is 12.6 Å². The van der Waals surface area contributed by atoms with Gasteiger partial charge in [0, 0.05) is 6.92 Å². The molecule has 2 heterocycles. The van der Waals surface area contributed by atoms with Crippen LogP contribution < -0.4 is 11.1 Å². The van der Waals surface area contributed by atoms with Crippen LogP contribution >= 0.6 is 0 Å². The molecule has 0 aromatic carbocycles. The van der Waals surface area contributed by atoms with Crippen LogP contribution in [-0.2, 0) is 28.5 Å². The minimum Gasteiger partial charge on any atom is -0.480 e. The summed E-state index contributed by atoms with van der Waals surface area (Å²) in [5.74, 6) is -1.97. The van der Waals surface area contributed by atoms with Crippen LogP contribution in [0.1, 0.15) is 13.8 Å². The number of carbonyl (C=O) groups excluding carboxylic acids is 1. The number of hydrogen-bond donors (Lipinski definition) is 9. The molecule has 0 spiro atoms. The van der Waals surface area contributed by atoms with E-state index in [4.69, 9.17) is 29.8 Å². The average molecular weight is 484 g/mol. The van der Waals surface area contributed by atoms with Crippen molar-refractivity contribution in [3.8, 4) is 0 Å². The molecule has 0 aliphatic carbocycles. The highest BCUT2D eigenvalue weighted by atomic mass is 16.7. The molecule has 0 bridgehead atoms. The fourth-order valence-electron chi connectivity index (χ4n) is 3.57. The lowest BCUT2D eigenvalue weighted by atomic mass is 9.95. The number of carbonyl (C=O) groups is 2. The second-order valence-corrected chi connectivity index (χ2v) is 7.95. The van der Waals surface area contributed by atoms with Crippen LogP contribution in [0, 0.1) is 0 Å². The van der Waals surface area contributed by atoms with Gasteiger partial charge in [0.1, 0.15) is 54.8 Å². The molecule has 0 aromatic heterocycles. The fourth-order valence-corrected chi connectivity index (χ4v) is 3.57. The Labute approximate surface area is 188 Å². The Balaban J connectivity index is 2.24. The maximum Gasteiger partial charge on any atom is 0.323 e. The van der Waals surface area contributed by atoms with Gasteiger partial charge < -0.3 is 65.7 Å². The molecule has 0 radical (unpaired) electrons. The van der Waals surface area contributed by atoms with Gasteiger partial charge in [-0.25, -0.2) is 0 Å². The number of ether oxygens (including phenoxy) is 4. The Bertz CT molecular complexity index is 667. The Morgan fingerprint density at radius 3 is 2.06 bits per heavy atom. The summed E-state index contributed by atoms with van der Waals surface area (Å²) in [7, 11) is 0. The number of aliphatic hydroxyl groups is 6. The van der Waals surface area contributed by atoms with Crippen molar-refractivity contribution in [2.45, 2.75) is 87.3 Å². The lowest BCUT2D eigenvalue weighted by Gasteiger charge is -2.47. The molecule has 2 rings (SSSR count). The van der Waals surface area contributed by atoms with Crippen molar-refractivity contribution in [1.29, 1.82) is 0 Å². The highest BCUT2D eigenvalue weighted by Crippen LogP contribution is 2.30. The fraction of sp³-hybridized carbons (Fsp3) is 0.889. The lowest BCUT2D eigenvalue weighted by Crippen LogP contribution is -2.68. The highest BCUT2D eigenvalue weighted by Gasteiger charge is 2.51. The second kappa shape index (κ2) is 11.8. The number of aliphatic carboxylic acids is 1. The van der Waals surface area contributed by atoms with Gasteiger partial charge in [0.25, 0.3) is 0 Å². The second-order valence-electron chi connectivity index (χ2n) is 7.95. The number of hydrogen-bond acceptors (Lipinski definition) is 13. The number of rotatable bonds is 9. The van der Waals surface area contributed by atoms with Crippen LogP contribution in [0.4, 0.5) is 0 Å². The minimum absolute atomic E-state index is 0.611. The monoisotopic (exact) mass is 484 g/mol. The molecule has 0 unspecified atom stereocenters. The Morgan fingerprint density at radius 2 is 1.55 bits per heavy atom. The SMILES string of the molecule is CC(=O)N[C@H]1[C@@H](O[C@H](C)[C@H](N)C(=O)O)O[C@H](CO)[C@@H](O[C@@H]2O[C@H](CO)[C@H](O)[C@H](O)[C@H]2O)[C@@H]1O. The third-order valence-electron chi connectivity index (χ3n) is 5.50. The van der Waals surface area contributed by atoms with Gasteiger partial charge in [-0.1, -0.05) is 0 Å². The smallest absolute Gasteiger partial charge is 0.323 e. The van der Waals surface area contributed by atoms with Gasteiger partial charge in [-0.3, -0.25) is 9.59 Å². The molecular formula is C18H32N2O13.